The Kier molecular flexibility index (Phi) is 1.77. The molecule has 10 heavy (non-hydrogen) atoms. The standard InChI is InChI=1S/C8H18N2/c1-7(2)5-10-6-8(7,3)4-9/h10H,4-6,9H2,1-3H3. The molecule has 0 aromatic carbocycles. The van der Waals surface area contributed by atoms with Gasteiger partial charge in [-0.1, -0.05) is 20.8 Å². The van der Waals surface area contributed by atoms with Crippen molar-refractivity contribution >= 4 is 0 Å². The van der Waals surface area contributed by atoms with Crippen LogP contribution in [0.15, 0.2) is 0 Å². The lowest BCUT2D eigenvalue weighted by Gasteiger charge is -2.35. The highest BCUT2D eigenvalue weighted by Crippen LogP contribution is 2.40. The number of nitrogens with two attached hydrogens (primary N) is 1. The summed E-state index contributed by atoms with van der Waals surface area (Å²) in [5.74, 6) is 0. The molecule has 0 aliphatic carbocycles. The van der Waals surface area contributed by atoms with Crippen molar-refractivity contribution in [1.82, 2.24) is 5.32 Å². The van der Waals surface area contributed by atoms with E-state index in [0.29, 0.717) is 10.8 Å². The van der Waals surface area contributed by atoms with Gasteiger partial charge >= 0.3 is 0 Å². The van der Waals surface area contributed by atoms with Gasteiger partial charge in [-0.2, -0.15) is 0 Å². The third-order valence-corrected chi connectivity index (χ3v) is 3.17. The summed E-state index contributed by atoms with van der Waals surface area (Å²) >= 11 is 0. The lowest BCUT2D eigenvalue weighted by Crippen LogP contribution is -2.40. The normalized spacial score (nSPS) is 38.4. The summed E-state index contributed by atoms with van der Waals surface area (Å²) in [4.78, 5) is 0. The van der Waals surface area contributed by atoms with E-state index in [9.17, 15) is 0 Å². The first-order valence-electron chi connectivity index (χ1n) is 3.93. The van der Waals surface area contributed by atoms with E-state index in [1.54, 1.807) is 0 Å². The quantitative estimate of drug-likeness (QED) is 0.562. The van der Waals surface area contributed by atoms with Gasteiger partial charge in [-0.3, -0.25) is 0 Å². The number of nitrogens with one attached hydrogen (secondary N) is 1. The Bertz CT molecular complexity index is 131. The van der Waals surface area contributed by atoms with Gasteiger partial charge in [0, 0.05) is 13.1 Å². The fraction of sp³-hybridized carbons (Fsp3) is 1.00. The van der Waals surface area contributed by atoms with Gasteiger partial charge in [0.2, 0.25) is 0 Å². The molecule has 1 rings (SSSR count). The van der Waals surface area contributed by atoms with Crippen LogP contribution in [-0.4, -0.2) is 19.6 Å². The second-order valence-electron chi connectivity index (χ2n) is 4.25. The van der Waals surface area contributed by atoms with E-state index in [2.05, 4.69) is 26.1 Å². The van der Waals surface area contributed by atoms with E-state index in [1.807, 2.05) is 0 Å². The average molecular weight is 142 g/mol. The molecule has 0 spiro atoms. The fourth-order valence-electron chi connectivity index (χ4n) is 1.45. The highest BCUT2D eigenvalue weighted by atomic mass is 15.0. The first-order chi connectivity index (χ1) is 4.52. The van der Waals surface area contributed by atoms with Crippen molar-refractivity contribution in [3.63, 3.8) is 0 Å². The minimum absolute atomic E-state index is 0.299. The molecule has 0 saturated carbocycles. The Morgan fingerprint density at radius 3 is 2.10 bits per heavy atom. The van der Waals surface area contributed by atoms with Gasteiger partial charge in [-0.05, 0) is 17.4 Å². The lowest BCUT2D eigenvalue weighted by atomic mass is 9.69. The summed E-state index contributed by atoms with van der Waals surface area (Å²) in [6.07, 6.45) is 0. The van der Waals surface area contributed by atoms with E-state index in [4.69, 9.17) is 5.73 Å². The number of rotatable bonds is 1. The predicted molar refractivity (Wildman–Crippen MR) is 43.8 cm³/mol. The summed E-state index contributed by atoms with van der Waals surface area (Å²) < 4.78 is 0. The summed E-state index contributed by atoms with van der Waals surface area (Å²) in [6.45, 7) is 9.76. The predicted octanol–water partition coefficient (Wildman–Crippen LogP) is 0.581. The van der Waals surface area contributed by atoms with Crippen LogP contribution < -0.4 is 11.1 Å². The molecule has 0 aromatic heterocycles. The first kappa shape index (κ1) is 8.02. The van der Waals surface area contributed by atoms with Gasteiger partial charge in [0.05, 0.1) is 0 Å². The van der Waals surface area contributed by atoms with Gasteiger partial charge in [0.15, 0.2) is 0 Å². The molecule has 1 unspecified atom stereocenters. The van der Waals surface area contributed by atoms with E-state index < -0.39 is 0 Å². The summed E-state index contributed by atoms with van der Waals surface area (Å²) in [6, 6.07) is 0. The average Bonchev–Trinajstić information content (AvgIpc) is 2.10. The number of hydrogen-bond acceptors (Lipinski definition) is 2. The minimum Gasteiger partial charge on any atom is -0.330 e. The highest BCUT2D eigenvalue weighted by molar-refractivity contribution is 4.98. The van der Waals surface area contributed by atoms with Crippen LogP contribution in [0.1, 0.15) is 20.8 Å². The van der Waals surface area contributed by atoms with E-state index in [0.717, 1.165) is 19.6 Å². The third kappa shape index (κ3) is 0.956. The molecule has 60 valence electrons. The zero-order chi connectivity index (χ0) is 7.83. The summed E-state index contributed by atoms with van der Waals surface area (Å²) in [5.41, 5.74) is 6.37. The maximum atomic E-state index is 5.70. The molecule has 2 heteroatoms. The third-order valence-electron chi connectivity index (χ3n) is 3.17. The van der Waals surface area contributed by atoms with Gasteiger partial charge in [0.25, 0.3) is 0 Å². The highest BCUT2D eigenvalue weighted by Gasteiger charge is 2.43. The molecule has 3 N–H and O–H groups in total. The van der Waals surface area contributed by atoms with Crippen LogP contribution in [0.3, 0.4) is 0 Å². The van der Waals surface area contributed by atoms with Crippen molar-refractivity contribution in [2.75, 3.05) is 19.6 Å². The van der Waals surface area contributed by atoms with Crippen molar-refractivity contribution < 1.29 is 0 Å². The van der Waals surface area contributed by atoms with E-state index in [1.165, 1.54) is 0 Å². The van der Waals surface area contributed by atoms with Crippen molar-refractivity contribution in [3.8, 4) is 0 Å². The molecule has 0 radical (unpaired) electrons. The molecule has 0 bridgehead atoms. The van der Waals surface area contributed by atoms with Crippen molar-refractivity contribution in [2.45, 2.75) is 20.8 Å². The first-order valence-corrected chi connectivity index (χ1v) is 3.93. The Balaban J connectivity index is 2.76. The van der Waals surface area contributed by atoms with Crippen molar-refractivity contribution in [2.24, 2.45) is 16.6 Å². The van der Waals surface area contributed by atoms with Crippen LogP contribution in [0.4, 0.5) is 0 Å². The van der Waals surface area contributed by atoms with Crippen LogP contribution >= 0.6 is 0 Å². The van der Waals surface area contributed by atoms with Gasteiger partial charge < -0.3 is 11.1 Å². The summed E-state index contributed by atoms with van der Waals surface area (Å²) in [5, 5.41) is 3.37. The van der Waals surface area contributed by atoms with Crippen molar-refractivity contribution in [3.05, 3.63) is 0 Å². The SMILES string of the molecule is CC1(C)CNCC1(C)CN. The van der Waals surface area contributed by atoms with Crippen LogP contribution in [-0.2, 0) is 0 Å². The molecule has 2 nitrogen and oxygen atoms in total. The van der Waals surface area contributed by atoms with Crippen LogP contribution in [0, 0.1) is 10.8 Å². The second-order valence-corrected chi connectivity index (χ2v) is 4.25. The maximum absolute atomic E-state index is 5.70. The fourth-order valence-corrected chi connectivity index (χ4v) is 1.45. The zero-order valence-electron chi connectivity index (χ0n) is 7.20. The monoisotopic (exact) mass is 142 g/mol. The molecular weight excluding hydrogens is 124 g/mol. The molecule has 0 amide bonds. The zero-order valence-corrected chi connectivity index (χ0v) is 7.20. The maximum Gasteiger partial charge on any atom is 0.00231 e. The largest absolute Gasteiger partial charge is 0.330 e. The Hall–Kier alpha value is -0.0800. The molecule has 1 atom stereocenters. The molecule has 1 aliphatic heterocycles. The van der Waals surface area contributed by atoms with Crippen LogP contribution in [0.25, 0.3) is 0 Å². The minimum atomic E-state index is 0.299. The van der Waals surface area contributed by atoms with Gasteiger partial charge in [-0.25, -0.2) is 0 Å². The summed E-state index contributed by atoms with van der Waals surface area (Å²) in [7, 11) is 0. The Labute approximate surface area is 63.2 Å². The Morgan fingerprint density at radius 1 is 1.30 bits per heavy atom. The molecule has 0 aromatic rings. The molecule has 1 aliphatic rings. The van der Waals surface area contributed by atoms with Gasteiger partial charge in [0.1, 0.15) is 0 Å². The van der Waals surface area contributed by atoms with E-state index >= 15 is 0 Å². The Morgan fingerprint density at radius 2 is 1.90 bits per heavy atom. The van der Waals surface area contributed by atoms with Crippen LogP contribution in [0.2, 0.25) is 0 Å². The lowest BCUT2D eigenvalue weighted by molar-refractivity contribution is 0.168. The molecule has 1 fully saturated rings. The van der Waals surface area contributed by atoms with Crippen molar-refractivity contribution in [1.29, 1.82) is 0 Å². The molecule has 1 heterocycles. The number of hydrogen-bond donors (Lipinski definition) is 2. The smallest absolute Gasteiger partial charge is 0.00231 e. The topological polar surface area (TPSA) is 38.0 Å². The van der Waals surface area contributed by atoms with Gasteiger partial charge in [-0.15, -0.1) is 0 Å². The second kappa shape index (κ2) is 2.21. The van der Waals surface area contributed by atoms with E-state index in [-0.39, 0.29) is 0 Å². The molecular formula is C8H18N2. The van der Waals surface area contributed by atoms with Crippen LogP contribution in [0.5, 0.6) is 0 Å². The molecule has 1 saturated heterocycles.